The molecule has 98 valence electrons. The summed E-state index contributed by atoms with van der Waals surface area (Å²) in [6.07, 6.45) is -1.10. The molecule has 2 heteroatoms. The first-order valence-electron chi connectivity index (χ1n) is 6.34. The van der Waals surface area contributed by atoms with Gasteiger partial charge in [-0.25, -0.2) is 0 Å². The molecule has 0 fully saturated rings. The van der Waals surface area contributed by atoms with Crippen molar-refractivity contribution in [3.05, 3.63) is 70.3 Å². The van der Waals surface area contributed by atoms with Crippen LogP contribution in [0.5, 0.6) is 0 Å². The maximum absolute atomic E-state index is 12.3. The van der Waals surface area contributed by atoms with Crippen LogP contribution in [0.25, 0.3) is 0 Å². The summed E-state index contributed by atoms with van der Waals surface area (Å²) in [6, 6.07) is 13.0. The molecule has 1 unspecified atom stereocenters. The molecule has 0 saturated carbocycles. The van der Waals surface area contributed by atoms with Crippen LogP contribution in [-0.2, 0) is 0 Å². The predicted molar refractivity (Wildman–Crippen MR) is 76.4 cm³/mol. The van der Waals surface area contributed by atoms with Crippen LogP contribution in [0.3, 0.4) is 0 Å². The molecule has 0 spiro atoms. The average molecular weight is 254 g/mol. The summed E-state index contributed by atoms with van der Waals surface area (Å²) in [7, 11) is 0. The molecule has 0 aromatic heterocycles. The third-order valence-corrected chi connectivity index (χ3v) is 3.11. The average Bonchev–Trinajstić information content (AvgIpc) is 2.36. The van der Waals surface area contributed by atoms with Gasteiger partial charge in [-0.3, -0.25) is 4.79 Å². The van der Waals surface area contributed by atoms with E-state index in [0.29, 0.717) is 11.1 Å². The lowest BCUT2D eigenvalue weighted by Gasteiger charge is -2.12. The fourth-order valence-corrected chi connectivity index (χ4v) is 2.27. The van der Waals surface area contributed by atoms with Crippen LogP contribution in [0.2, 0.25) is 0 Å². The van der Waals surface area contributed by atoms with E-state index >= 15 is 0 Å². The second-order valence-electron chi connectivity index (χ2n) is 5.06. The predicted octanol–water partition coefficient (Wildman–Crippen LogP) is 3.53. The van der Waals surface area contributed by atoms with Crippen molar-refractivity contribution in [3.8, 4) is 0 Å². The van der Waals surface area contributed by atoms with Crippen LogP contribution in [0, 0.1) is 20.8 Å². The quantitative estimate of drug-likeness (QED) is 0.851. The van der Waals surface area contributed by atoms with E-state index < -0.39 is 6.10 Å². The highest BCUT2D eigenvalue weighted by Crippen LogP contribution is 2.20. The highest BCUT2D eigenvalue weighted by molar-refractivity contribution is 6.00. The first-order valence-corrected chi connectivity index (χ1v) is 6.34. The van der Waals surface area contributed by atoms with E-state index in [2.05, 4.69) is 0 Å². The summed E-state index contributed by atoms with van der Waals surface area (Å²) in [4.78, 5) is 12.3. The summed E-state index contributed by atoms with van der Waals surface area (Å²) in [5.74, 6) is -0.252. The molecule has 1 N–H and O–H groups in total. The van der Waals surface area contributed by atoms with Crippen molar-refractivity contribution in [3.63, 3.8) is 0 Å². The minimum absolute atomic E-state index is 0.252. The highest BCUT2D eigenvalue weighted by Gasteiger charge is 2.19. The summed E-state index contributed by atoms with van der Waals surface area (Å²) < 4.78 is 0. The van der Waals surface area contributed by atoms with Gasteiger partial charge in [0.1, 0.15) is 6.10 Å². The van der Waals surface area contributed by atoms with E-state index in [1.807, 2.05) is 57.2 Å². The zero-order chi connectivity index (χ0) is 14.0. The molecular weight excluding hydrogens is 236 g/mol. The number of hydrogen-bond acceptors (Lipinski definition) is 2. The molecule has 2 aromatic rings. The molecule has 0 bridgehead atoms. The minimum atomic E-state index is -1.10. The Morgan fingerprint density at radius 3 is 2.16 bits per heavy atom. The van der Waals surface area contributed by atoms with Crippen LogP contribution in [0.15, 0.2) is 42.5 Å². The minimum Gasteiger partial charge on any atom is -0.380 e. The molecule has 0 aliphatic heterocycles. The number of carbonyl (C=O) groups excluding carboxylic acids is 1. The van der Waals surface area contributed by atoms with E-state index in [1.165, 1.54) is 0 Å². The Bertz CT molecular complexity index is 594. The van der Waals surface area contributed by atoms with E-state index in [4.69, 9.17) is 0 Å². The number of ketones is 1. The van der Waals surface area contributed by atoms with E-state index in [-0.39, 0.29) is 5.78 Å². The molecule has 0 heterocycles. The monoisotopic (exact) mass is 254 g/mol. The van der Waals surface area contributed by atoms with Gasteiger partial charge >= 0.3 is 0 Å². The summed E-state index contributed by atoms with van der Waals surface area (Å²) >= 11 is 0. The number of benzene rings is 2. The Kier molecular flexibility index (Phi) is 3.82. The van der Waals surface area contributed by atoms with Crippen molar-refractivity contribution in [1.82, 2.24) is 0 Å². The molecule has 0 aliphatic rings. The van der Waals surface area contributed by atoms with Crippen LogP contribution >= 0.6 is 0 Å². The Balaban J connectivity index is 2.33. The highest BCUT2D eigenvalue weighted by atomic mass is 16.3. The van der Waals surface area contributed by atoms with Gasteiger partial charge in [-0.2, -0.15) is 0 Å². The Labute approximate surface area is 113 Å². The van der Waals surface area contributed by atoms with Crippen molar-refractivity contribution < 1.29 is 9.90 Å². The molecule has 1 atom stereocenters. The summed E-state index contributed by atoms with van der Waals surface area (Å²) in [5.41, 5.74) is 4.29. The van der Waals surface area contributed by atoms with Gasteiger partial charge in [0.15, 0.2) is 5.78 Å². The summed E-state index contributed by atoms with van der Waals surface area (Å²) in [6.45, 7) is 5.84. The number of aliphatic hydroxyl groups excluding tert-OH is 1. The van der Waals surface area contributed by atoms with Crippen LogP contribution in [-0.4, -0.2) is 10.9 Å². The maximum Gasteiger partial charge on any atom is 0.195 e. The van der Waals surface area contributed by atoms with Crippen LogP contribution in [0.4, 0.5) is 0 Å². The molecule has 2 aromatic carbocycles. The molecule has 2 nitrogen and oxygen atoms in total. The fourth-order valence-electron chi connectivity index (χ4n) is 2.27. The van der Waals surface area contributed by atoms with Gasteiger partial charge in [-0.1, -0.05) is 47.0 Å². The van der Waals surface area contributed by atoms with E-state index in [1.54, 1.807) is 6.07 Å². The normalized spacial score (nSPS) is 12.2. The SMILES string of the molecule is Cc1cc(C)cc(C(=O)C(O)c2cccc(C)c2)c1. The third-order valence-electron chi connectivity index (χ3n) is 3.11. The van der Waals surface area contributed by atoms with Crippen LogP contribution < -0.4 is 0 Å². The second kappa shape index (κ2) is 5.37. The van der Waals surface area contributed by atoms with Gasteiger partial charge in [0, 0.05) is 5.56 Å². The molecule has 0 saturated heterocycles. The van der Waals surface area contributed by atoms with Gasteiger partial charge in [-0.15, -0.1) is 0 Å². The van der Waals surface area contributed by atoms with Crippen molar-refractivity contribution in [2.45, 2.75) is 26.9 Å². The second-order valence-corrected chi connectivity index (χ2v) is 5.06. The molecule has 0 radical (unpaired) electrons. The van der Waals surface area contributed by atoms with Gasteiger partial charge in [-0.05, 0) is 38.5 Å². The lowest BCUT2D eigenvalue weighted by Crippen LogP contribution is -2.12. The number of rotatable bonds is 3. The number of carbonyl (C=O) groups is 1. The lowest BCUT2D eigenvalue weighted by atomic mass is 9.96. The fraction of sp³-hybridized carbons (Fsp3) is 0.235. The molecule has 19 heavy (non-hydrogen) atoms. The Morgan fingerprint density at radius 2 is 1.58 bits per heavy atom. The first-order chi connectivity index (χ1) is 8.97. The van der Waals surface area contributed by atoms with E-state index in [0.717, 1.165) is 16.7 Å². The van der Waals surface area contributed by atoms with Crippen molar-refractivity contribution in [2.75, 3.05) is 0 Å². The third kappa shape index (κ3) is 3.09. The molecular formula is C17H18O2. The Hall–Kier alpha value is -1.93. The zero-order valence-electron chi connectivity index (χ0n) is 11.5. The zero-order valence-corrected chi connectivity index (χ0v) is 11.5. The molecule has 0 amide bonds. The standard InChI is InChI=1S/C17H18O2/c1-11-5-4-6-14(8-11)16(18)17(19)15-9-12(2)7-13(3)10-15/h4-10,16,18H,1-3H3. The topological polar surface area (TPSA) is 37.3 Å². The van der Waals surface area contributed by atoms with Gasteiger partial charge in [0.05, 0.1) is 0 Å². The van der Waals surface area contributed by atoms with Gasteiger partial charge in [0.2, 0.25) is 0 Å². The number of aryl methyl sites for hydroxylation is 3. The molecule has 0 aliphatic carbocycles. The maximum atomic E-state index is 12.3. The van der Waals surface area contributed by atoms with Gasteiger partial charge in [0.25, 0.3) is 0 Å². The molecule has 2 rings (SSSR count). The van der Waals surface area contributed by atoms with Gasteiger partial charge < -0.3 is 5.11 Å². The van der Waals surface area contributed by atoms with Crippen molar-refractivity contribution in [1.29, 1.82) is 0 Å². The van der Waals surface area contributed by atoms with Crippen molar-refractivity contribution in [2.24, 2.45) is 0 Å². The van der Waals surface area contributed by atoms with Crippen LogP contribution in [0.1, 0.15) is 38.7 Å². The Morgan fingerprint density at radius 1 is 0.947 bits per heavy atom. The smallest absolute Gasteiger partial charge is 0.195 e. The number of hydrogen-bond donors (Lipinski definition) is 1. The lowest BCUT2D eigenvalue weighted by molar-refractivity contribution is 0.0747. The first kappa shape index (κ1) is 13.5. The number of Topliss-reactive ketones (excluding diaryl/α,β-unsaturated/α-hetero) is 1. The van der Waals surface area contributed by atoms with Crippen molar-refractivity contribution >= 4 is 5.78 Å². The largest absolute Gasteiger partial charge is 0.380 e. The van der Waals surface area contributed by atoms with E-state index in [9.17, 15) is 9.90 Å². The summed E-state index contributed by atoms with van der Waals surface area (Å²) in [5, 5.41) is 10.2. The number of aliphatic hydroxyl groups is 1.